The van der Waals surface area contributed by atoms with Gasteiger partial charge in [0.1, 0.15) is 0 Å². The summed E-state index contributed by atoms with van der Waals surface area (Å²) >= 11 is 5.77. The van der Waals surface area contributed by atoms with Gasteiger partial charge >= 0.3 is 0 Å². The third-order valence-corrected chi connectivity index (χ3v) is 6.36. The summed E-state index contributed by atoms with van der Waals surface area (Å²) in [5.41, 5.74) is 4.62. The Hall–Kier alpha value is -3.84. The lowest BCUT2D eigenvalue weighted by Crippen LogP contribution is -2.37. The molecule has 2 N–H and O–H groups in total. The van der Waals surface area contributed by atoms with E-state index in [1.54, 1.807) is 6.07 Å². The molecule has 0 atom stereocenters. The van der Waals surface area contributed by atoms with E-state index in [4.69, 9.17) is 21.7 Å². The number of aromatic nitrogens is 1. The highest BCUT2D eigenvalue weighted by Gasteiger charge is 2.18. The summed E-state index contributed by atoms with van der Waals surface area (Å²) < 4.78 is 10.9. The van der Waals surface area contributed by atoms with Gasteiger partial charge in [-0.3, -0.25) is 4.79 Å². The first kappa shape index (κ1) is 22.0. The summed E-state index contributed by atoms with van der Waals surface area (Å²) in [6, 6.07) is 23.8. The van der Waals surface area contributed by atoms with Gasteiger partial charge < -0.3 is 24.7 Å². The molecule has 6 nitrogen and oxygen atoms in total. The molecule has 0 bridgehead atoms. The van der Waals surface area contributed by atoms with E-state index in [9.17, 15) is 4.79 Å². The number of aryl methyl sites for hydroxylation is 1. The summed E-state index contributed by atoms with van der Waals surface area (Å²) in [4.78, 5) is 18.0. The first-order valence-corrected chi connectivity index (χ1v) is 11.6. The fraction of sp³-hybridized carbons (Fsp3) is 0.185. The van der Waals surface area contributed by atoms with Gasteiger partial charge in [0.15, 0.2) is 16.6 Å². The van der Waals surface area contributed by atoms with E-state index >= 15 is 0 Å². The van der Waals surface area contributed by atoms with Crippen molar-refractivity contribution in [1.29, 1.82) is 0 Å². The Balaban J connectivity index is 1.43. The smallest absolute Gasteiger partial charge is 0.253 e. The largest absolute Gasteiger partial charge is 0.454 e. The number of thiocarbonyl (C=S) groups is 1. The van der Waals surface area contributed by atoms with Crippen molar-refractivity contribution >= 4 is 33.9 Å². The Morgan fingerprint density at radius 2 is 1.74 bits per heavy atom. The summed E-state index contributed by atoms with van der Waals surface area (Å²) in [5.74, 6) is 1.33. The molecule has 0 radical (unpaired) electrons. The van der Waals surface area contributed by atoms with E-state index in [0.717, 1.165) is 23.0 Å². The minimum Gasteiger partial charge on any atom is -0.454 e. The summed E-state index contributed by atoms with van der Waals surface area (Å²) in [6.07, 6.45) is 0.813. The number of hydrogen-bond acceptors (Lipinski definition) is 4. The molecule has 0 spiro atoms. The topological polar surface area (TPSA) is 66.6 Å². The van der Waals surface area contributed by atoms with Gasteiger partial charge in [0, 0.05) is 29.2 Å². The number of benzene rings is 3. The third-order valence-electron chi connectivity index (χ3n) is 6.00. The molecule has 1 aliphatic rings. The molecule has 0 saturated carbocycles. The van der Waals surface area contributed by atoms with Crippen LogP contribution in [0.4, 0.5) is 5.69 Å². The maximum absolute atomic E-state index is 13.0. The van der Waals surface area contributed by atoms with Crippen LogP contribution in [0.25, 0.3) is 10.9 Å². The molecule has 0 saturated heterocycles. The van der Waals surface area contributed by atoms with Gasteiger partial charge in [-0.05, 0) is 61.0 Å². The Morgan fingerprint density at radius 1 is 1.00 bits per heavy atom. The Bertz CT molecular complexity index is 1400. The van der Waals surface area contributed by atoms with Crippen LogP contribution in [-0.2, 0) is 13.0 Å². The molecule has 0 unspecified atom stereocenters. The van der Waals surface area contributed by atoms with E-state index in [1.807, 2.05) is 59.5 Å². The third kappa shape index (κ3) is 4.75. The molecular weight excluding hydrogens is 446 g/mol. The first-order valence-electron chi connectivity index (χ1n) is 11.2. The monoisotopic (exact) mass is 471 g/mol. The minimum absolute atomic E-state index is 0.144. The van der Waals surface area contributed by atoms with Crippen LogP contribution in [0, 0.1) is 6.92 Å². The zero-order valence-electron chi connectivity index (χ0n) is 18.8. The van der Waals surface area contributed by atoms with Crippen LogP contribution in [-0.4, -0.2) is 28.3 Å². The van der Waals surface area contributed by atoms with Crippen molar-refractivity contribution in [2.24, 2.45) is 0 Å². The quantitative estimate of drug-likeness (QED) is 0.386. The lowest BCUT2D eigenvalue weighted by atomic mass is 10.1. The highest BCUT2D eigenvalue weighted by molar-refractivity contribution is 7.80. The molecule has 34 heavy (non-hydrogen) atoms. The number of pyridine rings is 1. The van der Waals surface area contributed by atoms with Crippen molar-refractivity contribution < 1.29 is 9.47 Å². The highest BCUT2D eigenvalue weighted by atomic mass is 32.1. The molecular formula is C27H25N3O3S. The van der Waals surface area contributed by atoms with Crippen molar-refractivity contribution in [3.8, 4) is 11.5 Å². The molecule has 4 aromatic rings. The average molecular weight is 472 g/mol. The normalized spacial score (nSPS) is 12.0. The van der Waals surface area contributed by atoms with Crippen LogP contribution in [0.5, 0.6) is 11.5 Å². The van der Waals surface area contributed by atoms with Crippen molar-refractivity contribution in [1.82, 2.24) is 9.88 Å². The number of H-pyrrole nitrogens is 1. The number of nitrogens with one attached hydrogen (secondary N) is 2. The molecule has 7 heteroatoms. The lowest BCUT2D eigenvalue weighted by Gasteiger charge is -2.26. The predicted molar refractivity (Wildman–Crippen MR) is 139 cm³/mol. The number of aromatic amines is 1. The van der Waals surface area contributed by atoms with Crippen LogP contribution in [0.3, 0.4) is 0 Å². The van der Waals surface area contributed by atoms with Crippen LogP contribution < -0.4 is 20.3 Å². The van der Waals surface area contributed by atoms with Gasteiger partial charge in [-0.1, -0.05) is 42.5 Å². The van der Waals surface area contributed by atoms with Crippen LogP contribution in [0.15, 0.2) is 77.6 Å². The second-order valence-electron chi connectivity index (χ2n) is 8.31. The molecule has 3 aromatic carbocycles. The van der Waals surface area contributed by atoms with Gasteiger partial charge in [-0.25, -0.2) is 0 Å². The number of nitrogens with zero attached hydrogens (tertiary/aromatic N) is 1. The van der Waals surface area contributed by atoms with Gasteiger partial charge in [0.25, 0.3) is 5.56 Å². The second-order valence-corrected chi connectivity index (χ2v) is 8.70. The summed E-state index contributed by atoms with van der Waals surface area (Å²) in [7, 11) is 0. The maximum Gasteiger partial charge on any atom is 0.253 e. The number of hydrogen-bond donors (Lipinski definition) is 2. The molecule has 0 fully saturated rings. The fourth-order valence-electron chi connectivity index (χ4n) is 4.09. The predicted octanol–water partition coefficient (Wildman–Crippen LogP) is 5.01. The Kier molecular flexibility index (Phi) is 6.18. The SMILES string of the molecule is Cc1ccccc1CCN(Cc1cc2cc3c(cc2[nH]c1=O)OCO3)C(=S)Nc1ccccc1. The lowest BCUT2D eigenvalue weighted by molar-refractivity contribution is 0.174. The number of rotatable bonds is 6. The van der Waals surface area contributed by atoms with Crippen LogP contribution in [0.2, 0.25) is 0 Å². The average Bonchev–Trinajstić information content (AvgIpc) is 3.29. The van der Waals surface area contributed by atoms with Crippen molar-refractivity contribution in [2.45, 2.75) is 19.9 Å². The van der Waals surface area contributed by atoms with E-state index in [-0.39, 0.29) is 12.4 Å². The number of fused-ring (bicyclic) bond motifs is 2. The maximum atomic E-state index is 13.0. The van der Waals surface area contributed by atoms with Crippen LogP contribution >= 0.6 is 12.2 Å². The second kappa shape index (κ2) is 9.57. The minimum atomic E-state index is -0.144. The van der Waals surface area contributed by atoms with Crippen molar-refractivity contribution in [2.75, 3.05) is 18.7 Å². The molecule has 172 valence electrons. The Labute approximate surface area is 203 Å². The van der Waals surface area contributed by atoms with Gasteiger partial charge in [0.05, 0.1) is 12.1 Å². The molecule has 2 heterocycles. The van der Waals surface area contributed by atoms with Gasteiger partial charge in [-0.15, -0.1) is 0 Å². The van der Waals surface area contributed by atoms with Crippen molar-refractivity contribution in [3.05, 3.63) is 99.8 Å². The molecule has 0 aliphatic carbocycles. The molecule has 0 amide bonds. The zero-order chi connectivity index (χ0) is 23.5. The first-order chi connectivity index (χ1) is 16.6. The van der Waals surface area contributed by atoms with Crippen LogP contribution in [0.1, 0.15) is 16.7 Å². The molecule has 1 aromatic heterocycles. The van der Waals surface area contributed by atoms with Gasteiger partial charge in [-0.2, -0.15) is 0 Å². The zero-order valence-corrected chi connectivity index (χ0v) is 19.7. The number of anilines is 1. The summed E-state index contributed by atoms with van der Waals surface area (Å²) in [5, 5.41) is 4.77. The highest BCUT2D eigenvalue weighted by Crippen LogP contribution is 2.35. The van der Waals surface area contributed by atoms with Crippen molar-refractivity contribution in [3.63, 3.8) is 0 Å². The fourth-order valence-corrected chi connectivity index (χ4v) is 4.36. The number of para-hydroxylation sites is 1. The molecule has 1 aliphatic heterocycles. The van der Waals surface area contributed by atoms with E-state index in [2.05, 4.69) is 29.4 Å². The van der Waals surface area contributed by atoms with E-state index < -0.39 is 0 Å². The standard InChI is InChI=1S/C27H25N3O3S/c1-18-7-5-6-8-19(18)11-12-30(27(34)28-22-9-3-2-4-10-22)16-21-13-20-14-24-25(33-17-32-24)15-23(20)29-26(21)31/h2-10,13-15H,11-12,16-17H2,1H3,(H,28,34)(H,29,31). The summed E-state index contributed by atoms with van der Waals surface area (Å²) in [6.45, 7) is 3.35. The van der Waals surface area contributed by atoms with E-state index in [0.29, 0.717) is 35.3 Å². The van der Waals surface area contributed by atoms with Gasteiger partial charge in [0.2, 0.25) is 6.79 Å². The molecule has 5 rings (SSSR count). The Morgan fingerprint density at radius 3 is 2.53 bits per heavy atom. The van der Waals surface area contributed by atoms with E-state index in [1.165, 1.54) is 11.1 Å². The number of ether oxygens (including phenoxy) is 2.